The van der Waals surface area contributed by atoms with Gasteiger partial charge in [-0.15, -0.1) is 0 Å². The van der Waals surface area contributed by atoms with E-state index < -0.39 is 0 Å². The van der Waals surface area contributed by atoms with Gasteiger partial charge in [-0.2, -0.15) is 0 Å². The zero-order valence-electron chi connectivity index (χ0n) is 12.1. The summed E-state index contributed by atoms with van der Waals surface area (Å²) >= 11 is 0. The van der Waals surface area contributed by atoms with Crippen LogP contribution in [0, 0.1) is 5.92 Å². The highest BCUT2D eigenvalue weighted by molar-refractivity contribution is 5.82. The van der Waals surface area contributed by atoms with Gasteiger partial charge in [0, 0.05) is 25.7 Å². The van der Waals surface area contributed by atoms with Gasteiger partial charge in [0.15, 0.2) is 0 Å². The van der Waals surface area contributed by atoms with Crippen molar-refractivity contribution in [3.63, 3.8) is 0 Å². The summed E-state index contributed by atoms with van der Waals surface area (Å²) in [6.45, 7) is 4.03. The minimum atomic E-state index is -0.182. The van der Waals surface area contributed by atoms with E-state index in [1.54, 1.807) is 0 Å². The topological polar surface area (TPSA) is 52.6 Å². The van der Waals surface area contributed by atoms with Crippen LogP contribution in [0.15, 0.2) is 0 Å². The Labute approximate surface area is 116 Å². The molecule has 0 aromatic carbocycles. The molecule has 1 heterocycles. The average molecular weight is 268 g/mol. The first-order chi connectivity index (χ1) is 9.22. The minimum absolute atomic E-state index is 0.0797. The number of nitrogens with one attached hydrogen (secondary N) is 1. The van der Waals surface area contributed by atoms with E-state index in [-0.39, 0.29) is 18.6 Å². The predicted octanol–water partition coefficient (Wildman–Crippen LogP) is 1.53. The van der Waals surface area contributed by atoms with Crippen LogP contribution in [-0.2, 0) is 4.79 Å². The number of hydrogen-bond donors (Lipinski definition) is 2. The zero-order chi connectivity index (χ0) is 13.7. The SMILES string of the molecule is CC1CNC(CCO)C(=O)N(C2CCCCCC2)C1. The van der Waals surface area contributed by atoms with Crippen LogP contribution in [0.1, 0.15) is 51.9 Å². The molecule has 0 aromatic rings. The molecular weight excluding hydrogens is 240 g/mol. The highest BCUT2D eigenvalue weighted by Crippen LogP contribution is 2.24. The van der Waals surface area contributed by atoms with Gasteiger partial charge in [-0.1, -0.05) is 32.6 Å². The smallest absolute Gasteiger partial charge is 0.240 e. The quantitative estimate of drug-likeness (QED) is 0.763. The molecule has 2 rings (SSSR count). The molecular formula is C15H28N2O2. The lowest BCUT2D eigenvalue weighted by molar-refractivity contribution is -0.135. The fourth-order valence-corrected chi connectivity index (χ4v) is 3.37. The third-order valence-corrected chi connectivity index (χ3v) is 4.49. The van der Waals surface area contributed by atoms with Crippen LogP contribution < -0.4 is 5.32 Å². The van der Waals surface area contributed by atoms with E-state index in [0.29, 0.717) is 18.4 Å². The molecule has 1 saturated carbocycles. The number of carbonyl (C=O) groups excluding carboxylic acids is 1. The second-order valence-corrected chi connectivity index (χ2v) is 6.21. The van der Waals surface area contributed by atoms with E-state index in [1.807, 2.05) is 0 Å². The first kappa shape index (κ1) is 14.8. The summed E-state index contributed by atoms with van der Waals surface area (Å²) in [4.78, 5) is 14.8. The Hall–Kier alpha value is -0.610. The lowest BCUT2D eigenvalue weighted by Gasteiger charge is -2.33. The number of carbonyl (C=O) groups is 1. The Bertz CT molecular complexity index is 288. The maximum atomic E-state index is 12.6. The number of amides is 1. The van der Waals surface area contributed by atoms with Gasteiger partial charge in [0.1, 0.15) is 0 Å². The van der Waals surface area contributed by atoms with Crippen LogP contribution in [0.5, 0.6) is 0 Å². The number of aliphatic hydroxyl groups is 1. The van der Waals surface area contributed by atoms with Gasteiger partial charge in [0.25, 0.3) is 0 Å². The van der Waals surface area contributed by atoms with E-state index in [4.69, 9.17) is 5.11 Å². The van der Waals surface area contributed by atoms with Crippen LogP contribution in [0.3, 0.4) is 0 Å². The molecule has 19 heavy (non-hydrogen) atoms. The second kappa shape index (κ2) is 7.25. The molecule has 4 nitrogen and oxygen atoms in total. The summed E-state index contributed by atoms with van der Waals surface area (Å²) in [7, 11) is 0. The van der Waals surface area contributed by atoms with Gasteiger partial charge >= 0.3 is 0 Å². The van der Waals surface area contributed by atoms with E-state index in [1.165, 1.54) is 25.7 Å². The Kier molecular flexibility index (Phi) is 5.64. The normalized spacial score (nSPS) is 31.1. The molecule has 1 aliphatic carbocycles. The second-order valence-electron chi connectivity index (χ2n) is 6.21. The molecule has 0 radical (unpaired) electrons. The van der Waals surface area contributed by atoms with Crippen LogP contribution in [0.2, 0.25) is 0 Å². The molecule has 2 atom stereocenters. The van der Waals surface area contributed by atoms with Crippen molar-refractivity contribution in [2.24, 2.45) is 5.92 Å². The van der Waals surface area contributed by atoms with E-state index in [9.17, 15) is 4.79 Å². The van der Waals surface area contributed by atoms with Gasteiger partial charge in [0.2, 0.25) is 5.91 Å². The van der Waals surface area contributed by atoms with Crippen molar-refractivity contribution in [1.82, 2.24) is 10.2 Å². The molecule has 2 aliphatic rings. The zero-order valence-corrected chi connectivity index (χ0v) is 12.1. The maximum absolute atomic E-state index is 12.6. The van der Waals surface area contributed by atoms with Gasteiger partial charge in [-0.25, -0.2) is 0 Å². The Morgan fingerprint density at radius 2 is 1.95 bits per heavy atom. The van der Waals surface area contributed by atoms with E-state index in [0.717, 1.165) is 25.9 Å². The van der Waals surface area contributed by atoms with Crippen molar-refractivity contribution in [2.75, 3.05) is 19.7 Å². The molecule has 1 saturated heterocycles. The molecule has 4 heteroatoms. The fourth-order valence-electron chi connectivity index (χ4n) is 3.37. The maximum Gasteiger partial charge on any atom is 0.240 e. The summed E-state index contributed by atoms with van der Waals surface area (Å²) < 4.78 is 0. The molecule has 0 bridgehead atoms. The van der Waals surface area contributed by atoms with Gasteiger partial charge in [-0.05, 0) is 25.2 Å². The van der Waals surface area contributed by atoms with Crippen LogP contribution in [-0.4, -0.2) is 47.7 Å². The third kappa shape index (κ3) is 3.93. The van der Waals surface area contributed by atoms with Crippen molar-refractivity contribution in [2.45, 2.75) is 64.0 Å². The summed E-state index contributed by atoms with van der Waals surface area (Å²) in [6, 6.07) is 0.247. The van der Waals surface area contributed by atoms with Crippen molar-refractivity contribution >= 4 is 5.91 Å². The lowest BCUT2D eigenvalue weighted by atomic mass is 10.0. The van der Waals surface area contributed by atoms with Crippen molar-refractivity contribution in [1.29, 1.82) is 0 Å². The first-order valence-corrected chi connectivity index (χ1v) is 7.87. The molecule has 1 aliphatic heterocycles. The number of aliphatic hydroxyl groups excluding tert-OH is 1. The largest absolute Gasteiger partial charge is 0.396 e. The van der Waals surface area contributed by atoms with E-state index in [2.05, 4.69) is 17.1 Å². The van der Waals surface area contributed by atoms with Crippen molar-refractivity contribution in [3.8, 4) is 0 Å². The predicted molar refractivity (Wildman–Crippen MR) is 75.9 cm³/mol. The van der Waals surface area contributed by atoms with Gasteiger partial charge in [-0.3, -0.25) is 4.79 Å². The van der Waals surface area contributed by atoms with E-state index >= 15 is 0 Å². The summed E-state index contributed by atoms with van der Waals surface area (Å²) in [5, 5.41) is 12.4. The molecule has 2 unspecified atom stereocenters. The minimum Gasteiger partial charge on any atom is -0.396 e. The highest BCUT2D eigenvalue weighted by Gasteiger charge is 2.33. The van der Waals surface area contributed by atoms with Crippen LogP contribution in [0.25, 0.3) is 0 Å². The lowest BCUT2D eigenvalue weighted by Crippen LogP contribution is -2.48. The monoisotopic (exact) mass is 268 g/mol. The summed E-state index contributed by atoms with van der Waals surface area (Å²) in [5.74, 6) is 0.709. The Balaban J connectivity index is 2.07. The van der Waals surface area contributed by atoms with Gasteiger partial charge in [0.05, 0.1) is 6.04 Å². The first-order valence-electron chi connectivity index (χ1n) is 7.87. The number of hydrogen-bond acceptors (Lipinski definition) is 3. The number of nitrogens with zero attached hydrogens (tertiary/aromatic N) is 1. The summed E-state index contributed by atoms with van der Waals surface area (Å²) in [5.41, 5.74) is 0. The Morgan fingerprint density at radius 1 is 1.26 bits per heavy atom. The standard InChI is InChI=1S/C15H28N2O2/c1-12-10-16-14(8-9-18)15(19)17(11-12)13-6-4-2-3-5-7-13/h12-14,16,18H,2-11H2,1H3. The fraction of sp³-hybridized carbons (Fsp3) is 0.933. The molecule has 0 spiro atoms. The average Bonchev–Trinajstić information content (AvgIpc) is 2.74. The van der Waals surface area contributed by atoms with Crippen molar-refractivity contribution < 1.29 is 9.90 Å². The number of rotatable bonds is 3. The van der Waals surface area contributed by atoms with Crippen molar-refractivity contribution in [3.05, 3.63) is 0 Å². The van der Waals surface area contributed by atoms with Crippen LogP contribution >= 0.6 is 0 Å². The Morgan fingerprint density at radius 3 is 2.58 bits per heavy atom. The molecule has 110 valence electrons. The summed E-state index contributed by atoms with van der Waals surface area (Å²) in [6.07, 6.45) is 7.98. The third-order valence-electron chi connectivity index (χ3n) is 4.49. The molecule has 2 fully saturated rings. The highest BCUT2D eigenvalue weighted by atomic mass is 16.3. The van der Waals surface area contributed by atoms with Crippen LogP contribution in [0.4, 0.5) is 0 Å². The van der Waals surface area contributed by atoms with Gasteiger partial charge < -0.3 is 15.3 Å². The molecule has 2 N–H and O–H groups in total. The molecule has 0 aromatic heterocycles. The molecule has 1 amide bonds.